The van der Waals surface area contributed by atoms with Gasteiger partial charge in [0.2, 0.25) is 11.8 Å². The van der Waals surface area contributed by atoms with Gasteiger partial charge in [-0.1, -0.05) is 30.3 Å². The van der Waals surface area contributed by atoms with Crippen molar-refractivity contribution in [3.63, 3.8) is 0 Å². The van der Waals surface area contributed by atoms with Crippen LogP contribution in [0.3, 0.4) is 0 Å². The maximum atomic E-state index is 12.4. The number of piperazine rings is 1. The molecule has 1 aromatic carbocycles. The van der Waals surface area contributed by atoms with Gasteiger partial charge in [-0.25, -0.2) is 0 Å². The van der Waals surface area contributed by atoms with E-state index in [0.29, 0.717) is 19.1 Å². The van der Waals surface area contributed by atoms with Crippen molar-refractivity contribution in [1.82, 2.24) is 9.80 Å². The third-order valence-corrected chi connectivity index (χ3v) is 3.98. The zero-order valence-electron chi connectivity index (χ0n) is 11.4. The number of carbonyl (C=O) groups is 2. The van der Waals surface area contributed by atoms with Crippen LogP contribution < -0.4 is 5.73 Å². The Morgan fingerprint density at radius 1 is 1.20 bits per heavy atom. The fraction of sp³-hybridized carbons (Fsp3) is 0.467. The highest BCUT2D eigenvalue weighted by molar-refractivity contribution is 5.89. The second kappa shape index (κ2) is 5.25. The molecular formula is C15H19N3O2. The molecule has 5 heteroatoms. The van der Waals surface area contributed by atoms with Crippen LogP contribution in [0.15, 0.2) is 30.3 Å². The van der Waals surface area contributed by atoms with Crippen LogP contribution in [0.2, 0.25) is 0 Å². The van der Waals surface area contributed by atoms with Crippen molar-refractivity contribution >= 4 is 11.8 Å². The third kappa shape index (κ3) is 2.54. The van der Waals surface area contributed by atoms with Crippen molar-refractivity contribution in [1.29, 1.82) is 0 Å². The third-order valence-electron chi connectivity index (χ3n) is 3.98. The van der Waals surface area contributed by atoms with Gasteiger partial charge >= 0.3 is 0 Å². The molecule has 1 heterocycles. The van der Waals surface area contributed by atoms with E-state index < -0.39 is 6.04 Å². The van der Waals surface area contributed by atoms with Crippen LogP contribution >= 0.6 is 0 Å². The molecule has 2 amide bonds. The van der Waals surface area contributed by atoms with Crippen molar-refractivity contribution in [2.24, 2.45) is 5.73 Å². The smallest absolute Gasteiger partial charge is 0.244 e. The second-order valence-corrected chi connectivity index (χ2v) is 5.47. The molecule has 1 saturated carbocycles. The van der Waals surface area contributed by atoms with Crippen LogP contribution in [0, 0.1) is 0 Å². The van der Waals surface area contributed by atoms with Gasteiger partial charge in [-0.05, 0) is 18.4 Å². The first-order valence-corrected chi connectivity index (χ1v) is 7.05. The molecule has 2 fully saturated rings. The predicted molar refractivity (Wildman–Crippen MR) is 74.7 cm³/mol. The largest absolute Gasteiger partial charge is 0.336 e. The lowest BCUT2D eigenvalue weighted by molar-refractivity contribution is -0.146. The molecule has 0 bridgehead atoms. The highest BCUT2D eigenvalue weighted by Crippen LogP contribution is 2.28. The van der Waals surface area contributed by atoms with Crippen molar-refractivity contribution in [2.45, 2.75) is 24.9 Å². The van der Waals surface area contributed by atoms with E-state index in [4.69, 9.17) is 5.73 Å². The minimum Gasteiger partial charge on any atom is -0.336 e. The van der Waals surface area contributed by atoms with Crippen LogP contribution in [0.5, 0.6) is 0 Å². The number of hydrogen-bond acceptors (Lipinski definition) is 3. The summed E-state index contributed by atoms with van der Waals surface area (Å²) in [4.78, 5) is 27.9. The standard InChI is InChI=1S/C15H19N3O2/c16-14(11-4-2-1-3-5-11)15(20)17-8-9-18(12-6-7-12)13(19)10-17/h1-5,12,14H,6-10,16H2. The molecule has 2 aliphatic rings. The van der Waals surface area contributed by atoms with E-state index >= 15 is 0 Å². The molecule has 1 aliphatic carbocycles. The highest BCUT2D eigenvalue weighted by atomic mass is 16.2. The Morgan fingerprint density at radius 3 is 2.50 bits per heavy atom. The average molecular weight is 273 g/mol. The summed E-state index contributed by atoms with van der Waals surface area (Å²) in [5.41, 5.74) is 6.79. The average Bonchev–Trinajstić information content (AvgIpc) is 3.31. The van der Waals surface area contributed by atoms with Crippen LogP contribution in [0.25, 0.3) is 0 Å². The van der Waals surface area contributed by atoms with E-state index in [1.54, 1.807) is 4.90 Å². The molecule has 1 aliphatic heterocycles. The van der Waals surface area contributed by atoms with Gasteiger partial charge in [-0.3, -0.25) is 9.59 Å². The molecule has 2 N–H and O–H groups in total. The molecule has 1 atom stereocenters. The van der Waals surface area contributed by atoms with Gasteiger partial charge in [0, 0.05) is 19.1 Å². The molecule has 5 nitrogen and oxygen atoms in total. The SMILES string of the molecule is NC(C(=O)N1CCN(C2CC2)C(=O)C1)c1ccccc1. The van der Waals surface area contributed by atoms with E-state index in [9.17, 15) is 9.59 Å². The lowest BCUT2D eigenvalue weighted by Crippen LogP contribution is -2.54. The molecule has 0 spiro atoms. The summed E-state index contributed by atoms with van der Waals surface area (Å²) in [5, 5.41) is 0. The molecule has 1 saturated heterocycles. The molecule has 1 aromatic rings. The zero-order chi connectivity index (χ0) is 14.1. The second-order valence-electron chi connectivity index (χ2n) is 5.47. The number of carbonyl (C=O) groups excluding carboxylic acids is 2. The first-order valence-electron chi connectivity index (χ1n) is 7.05. The predicted octanol–water partition coefficient (Wildman–Crippen LogP) is 0.520. The van der Waals surface area contributed by atoms with Crippen molar-refractivity contribution in [3.8, 4) is 0 Å². The van der Waals surface area contributed by atoms with Crippen molar-refractivity contribution < 1.29 is 9.59 Å². The normalized spacial score (nSPS) is 20.9. The Bertz CT molecular complexity index is 513. The van der Waals surface area contributed by atoms with Crippen LogP contribution in [0.4, 0.5) is 0 Å². The molecule has 20 heavy (non-hydrogen) atoms. The molecule has 0 aromatic heterocycles. The number of rotatable bonds is 3. The summed E-state index contributed by atoms with van der Waals surface area (Å²) in [6.45, 7) is 1.38. The summed E-state index contributed by atoms with van der Waals surface area (Å²) in [6, 6.07) is 9.02. The van der Waals surface area contributed by atoms with Crippen LogP contribution in [0.1, 0.15) is 24.4 Å². The van der Waals surface area contributed by atoms with Gasteiger partial charge in [0.05, 0.1) is 6.54 Å². The number of nitrogens with zero attached hydrogens (tertiary/aromatic N) is 2. The quantitative estimate of drug-likeness (QED) is 0.873. The molecule has 106 valence electrons. The lowest BCUT2D eigenvalue weighted by Gasteiger charge is -2.35. The summed E-state index contributed by atoms with van der Waals surface area (Å²) in [7, 11) is 0. The Morgan fingerprint density at radius 2 is 1.90 bits per heavy atom. The van der Waals surface area contributed by atoms with Gasteiger partial charge in [-0.15, -0.1) is 0 Å². The first-order chi connectivity index (χ1) is 9.66. The van der Waals surface area contributed by atoms with E-state index in [0.717, 1.165) is 18.4 Å². The van der Waals surface area contributed by atoms with Crippen molar-refractivity contribution in [3.05, 3.63) is 35.9 Å². The van der Waals surface area contributed by atoms with Gasteiger partial charge in [-0.2, -0.15) is 0 Å². The minimum atomic E-state index is -0.684. The molecule has 3 rings (SSSR count). The molecule has 0 radical (unpaired) electrons. The Balaban J connectivity index is 1.64. The number of hydrogen-bond donors (Lipinski definition) is 1. The van der Waals surface area contributed by atoms with Gasteiger partial charge in [0.25, 0.3) is 0 Å². The van der Waals surface area contributed by atoms with E-state index in [-0.39, 0.29) is 18.4 Å². The van der Waals surface area contributed by atoms with Crippen molar-refractivity contribution in [2.75, 3.05) is 19.6 Å². The number of nitrogens with two attached hydrogens (primary N) is 1. The lowest BCUT2D eigenvalue weighted by atomic mass is 10.1. The van der Waals surface area contributed by atoms with E-state index in [1.807, 2.05) is 35.2 Å². The van der Waals surface area contributed by atoms with E-state index in [1.165, 1.54) is 0 Å². The Labute approximate surface area is 118 Å². The maximum absolute atomic E-state index is 12.4. The van der Waals surface area contributed by atoms with E-state index in [2.05, 4.69) is 0 Å². The summed E-state index contributed by atoms with van der Waals surface area (Å²) in [6.07, 6.45) is 2.20. The number of benzene rings is 1. The fourth-order valence-corrected chi connectivity index (χ4v) is 2.65. The zero-order valence-corrected chi connectivity index (χ0v) is 11.4. The Kier molecular flexibility index (Phi) is 3.44. The van der Waals surface area contributed by atoms with Gasteiger partial charge in [0.1, 0.15) is 6.04 Å². The van der Waals surface area contributed by atoms with Crippen LogP contribution in [-0.2, 0) is 9.59 Å². The van der Waals surface area contributed by atoms with Gasteiger partial charge < -0.3 is 15.5 Å². The first kappa shape index (κ1) is 13.1. The molecule has 1 unspecified atom stereocenters. The van der Waals surface area contributed by atoms with Gasteiger partial charge in [0.15, 0.2) is 0 Å². The maximum Gasteiger partial charge on any atom is 0.244 e. The number of amides is 2. The topological polar surface area (TPSA) is 66.6 Å². The minimum absolute atomic E-state index is 0.0485. The van der Waals surface area contributed by atoms with Crippen LogP contribution in [-0.4, -0.2) is 47.3 Å². The Hall–Kier alpha value is -1.88. The monoisotopic (exact) mass is 273 g/mol. The summed E-state index contributed by atoms with van der Waals surface area (Å²) in [5.74, 6) is -0.118. The highest BCUT2D eigenvalue weighted by Gasteiger charge is 2.37. The summed E-state index contributed by atoms with van der Waals surface area (Å²) < 4.78 is 0. The fourth-order valence-electron chi connectivity index (χ4n) is 2.65. The molecular weight excluding hydrogens is 254 g/mol. The summed E-state index contributed by atoms with van der Waals surface area (Å²) >= 11 is 0.